The summed E-state index contributed by atoms with van der Waals surface area (Å²) < 4.78 is 10.4. The fourth-order valence-electron chi connectivity index (χ4n) is 2.36. The van der Waals surface area contributed by atoms with E-state index in [0.717, 1.165) is 0 Å². The average molecular weight is 196 g/mol. The molecule has 2 saturated heterocycles. The number of hydrogen-bond acceptors (Lipinski definition) is 4. The van der Waals surface area contributed by atoms with Gasteiger partial charge in [0.1, 0.15) is 30.0 Å². The second-order valence-electron chi connectivity index (χ2n) is 4.18. The molecule has 0 amide bonds. The molecule has 3 aliphatic rings. The molecule has 4 nitrogen and oxygen atoms in total. The number of hydrogen-bond donors (Lipinski definition) is 1. The van der Waals surface area contributed by atoms with Gasteiger partial charge in [-0.3, -0.25) is 4.79 Å². The average Bonchev–Trinajstić information content (AvgIpc) is 3.02. The van der Waals surface area contributed by atoms with Gasteiger partial charge in [-0.2, -0.15) is 0 Å². The monoisotopic (exact) mass is 196 g/mol. The molecule has 2 heterocycles. The van der Waals surface area contributed by atoms with Gasteiger partial charge in [-0.1, -0.05) is 6.08 Å². The lowest BCUT2D eigenvalue weighted by atomic mass is 9.81. The van der Waals surface area contributed by atoms with Crippen molar-refractivity contribution in [3.05, 3.63) is 12.7 Å². The second kappa shape index (κ2) is 2.45. The minimum atomic E-state index is -0.961. The highest BCUT2D eigenvalue weighted by molar-refractivity contribution is 5.94. The Balaban J connectivity index is 1.81. The summed E-state index contributed by atoms with van der Waals surface area (Å²) in [6.07, 6.45) is 1.54. The summed E-state index contributed by atoms with van der Waals surface area (Å²) in [6, 6.07) is 0. The molecule has 4 heteroatoms. The molecule has 0 bridgehead atoms. The zero-order valence-electron chi connectivity index (χ0n) is 7.68. The normalized spacial score (nSPS) is 53.4. The summed E-state index contributed by atoms with van der Waals surface area (Å²) in [5.74, 6) is 0.00304. The zero-order chi connectivity index (χ0) is 9.92. The minimum absolute atomic E-state index is 0.00304. The first-order valence-electron chi connectivity index (χ1n) is 4.86. The first-order valence-corrected chi connectivity index (χ1v) is 4.86. The number of aliphatic hydroxyl groups is 1. The first kappa shape index (κ1) is 8.59. The molecule has 3 fully saturated rings. The van der Waals surface area contributed by atoms with Crippen molar-refractivity contribution in [2.24, 2.45) is 0 Å². The van der Waals surface area contributed by atoms with Crippen molar-refractivity contribution in [1.29, 1.82) is 0 Å². The number of Topliss-reactive ketones (excluding diaryl/α,β-unsaturated/α-hetero) is 1. The van der Waals surface area contributed by atoms with Crippen LogP contribution in [0.15, 0.2) is 12.7 Å². The number of fused-ring (bicyclic) bond motifs is 2. The number of carbonyl (C=O) groups is 1. The maximum absolute atomic E-state index is 11.4. The van der Waals surface area contributed by atoms with Crippen LogP contribution in [-0.2, 0) is 14.3 Å². The van der Waals surface area contributed by atoms with Gasteiger partial charge < -0.3 is 14.6 Å². The third kappa shape index (κ3) is 0.908. The zero-order valence-corrected chi connectivity index (χ0v) is 7.68. The van der Waals surface area contributed by atoms with Gasteiger partial charge in [0.15, 0.2) is 5.78 Å². The standard InChI is InChI=1S/C10H12O4/c1-2-3-4-10(12)8-6(13-8)5(11)7-9(10)14-7/h2,6-9,12H,1,3-4H2/t6-,7+,8-,9+,10?. The number of carbonyl (C=O) groups excluding carboxylic acids is 1. The van der Waals surface area contributed by atoms with Crippen LogP contribution in [0.25, 0.3) is 0 Å². The van der Waals surface area contributed by atoms with E-state index in [4.69, 9.17) is 9.47 Å². The molecule has 1 aliphatic carbocycles. The van der Waals surface area contributed by atoms with E-state index in [1.165, 1.54) is 0 Å². The number of epoxide rings is 2. The highest BCUT2D eigenvalue weighted by atomic mass is 16.7. The van der Waals surface area contributed by atoms with E-state index >= 15 is 0 Å². The Morgan fingerprint density at radius 3 is 2.50 bits per heavy atom. The Bertz CT molecular complexity index is 291. The van der Waals surface area contributed by atoms with Crippen molar-refractivity contribution < 1.29 is 19.4 Å². The largest absolute Gasteiger partial charge is 0.384 e. The van der Waals surface area contributed by atoms with Gasteiger partial charge in [0.2, 0.25) is 0 Å². The first-order chi connectivity index (χ1) is 6.68. The Hall–Kier alpha value is -0.710. The summed E-state index contributed by atoms with van der Waals surface area (Å²) in [6.45, 7) is 3.61. The van der Waals surface area contributed by atoms with Gasteiger partial charge in [0, 0.05) is 0 Å². The van der Waals surface area contributed by atoms with E-state index in [2.05, 4.69) is 6.58 Å². The highest BCUT2D eigenvalue weighted by Gasteiger charge is 2.75. The topological polar surface area (TPSA) is 62.4 Å². The quantitative estimate of drug-likeness (QED) is 0.501. The third-order valence-corrected chi connectivity index (χ3v) is 3.28. The van der Waals surface area contributed by atoms with Crippen LogP contribution in [0.1, 0.15) is 12.8 Å². The molecule has 0 radical (unpaired) electrons. The van der Waals surface area contributed by atoms with Gasteiger partial charge >= 0.3 is 0 Å². The molecule has 76 valence electrons. The van der Waals surface area contributed by atoms with Crippen molar-refractivity contribution in [2.75, 3.05) is 0 Å². The van der Waals surface area contributed by atoms with Crippen molar-refractivity contribution in [3.63, 3.8) is 0 Å². The van der Waals surface area contributed by atoms with Crippen LogP contribution < -0.4 is 0 Å². The third-order valence-electron chi connectivity index (χ3n) is 3.28. The van der Waals surface area contributed by atoms with Crippen LogP contribution >= 0.6 is 0 Å². The number of allylic oxidation sites excluding steroid dienone is 1. The number of ketones is 1. The summed E-state index contributed by atoms with van der Waals surface area (Å²) in [7, 11) is 0. The molecule has 0 aromatic carbocycles. The fraction of sp³-hybridized carbons (Fsp3) is 0.700. The second-order valence-corrected chi connectivity index (χ2v) is 4.18. The van der Waals surface area contributed by atoms with E-state index in [0.29, 0.717) is 12.8 Å². The molecule has 0 aromatic heterocycles. The van der Waals surface area contributed by atoms with Crippen LogP contribution in [0.2, 0.25) is 0 Å². The van der Waals surface area contributed by atoms with Crippen molar-refractivity contribution in [2.45, 2.75) is 42.9 Å². The van der Waals surface area contributed by atoms with E-state index in [9.17, 15) is 9.90 Å². The molecule has 1 saturated carbocycles. The van der Waals surface area contributed by atoms with Crippen LogP contribution in [0.5, 0.6) is 0 Å². The molecular weight excluding hydrogens is 184 g/mol. The highest BCUT2D eigenvalue weighted by Crippen LogP contribution is 2.52. The fourth-order valence-corrected chi connectivity index (χ4v) is 2.36. The van der Waals surface area contributed by atoms with Crippen molar-refractivity contribution in [3.8, 4) is 0 Å². The SMILES string of the molecule is C=CCCC1(O)[C@@H]2O[C@@H]2C(=O)[C@@H]2O[C@@H]21. The Morgan fingerprint density at radius 2 is 2.00 bits per heavy atom. The molecule has 1 unspecified atom stereocenters. The Kier molecular flexibility index (Phi) is 1.50. The molecule has 2 aliphatic heterocycles. The van der Waals surface area contributed by atoms with Crippen molar-refractivity contribution >= 4 is 5.78 Å². The van der Waals surface area contributed by atoms with E-state index in [-0.39, 0.29) is 18.0 Å². The molecular formula is C10H12O4. The predicted octanol–water partition coefficient (Wildman–Crippen LogP) is -0.199. The molecule has 0 spiro atoms. The molecule has 3 rings (SSSR count). The van der Waals surface area contributed by atoms with Gasteiger partial charge in [-0.15, -0.1) is 6.58 Å². The van der Waals surface area contributed by atoms with Gasteiger partial charge in [0.25, 0.3) is 0 Å². The molecule has 1 N–H and O–H groups in total. The van der Waals surface area contributed by atoms with E-state index in [1.807, 2.05) is 0 Å². The number of ether oxygens (including phenoxy) is 2. The van der Waals surface area contributed by atoms with Crippen LogP contribution in [-0.4, -0.2) is 40.9 Å². The van der Waals surface area contributed by atoms with Crippen LogP contribution in [0, 0.1) is 0 Å². The van der Waals surface area contributed by atoms with E-state index in [1.54, 1.807) is 6.08 Å². The van der Waals surface area contributed by atoms with Gasteiger partial charge in [0.05, 0.1) is 0 Å². The van der Waals surface area contributed by atoms with Crippen molar-refractivity contribution in [1.82, 2.24) is 0 Å². The summed E-state index contributed by atoms with van der Waals surface area (Å²) in [5, 5.41) is 10.3. The summed E-state index contributed by atoms with van der Waals surface area (Å²) >= 11 is 0. The molecule has 0 aromatic rings. The summed E-state index contributed by atoms with van der Waals surface area (Å²) in [5.41, 5.74) is -0.961. The van der Waals surface area contributed by atoms with Crippen LogP contribution in [0.4, 0.5) is 0 Å². The lowest BCUT2D eigenvalue weighted by Crippen LogP contribution is -2.48. The Labute approximate surface area is 81.5 Å². The molecule has 14 heavy (non-hydrogen) atoms. The van der Waals surface area contributed by atoms with Gasteiger partial charge in [-0.05, 0) is 12.8 Å². The van der Waals surface area contributed by atoms with Crippen LogP contribution in [0.3, 0.4) is 0 Å². The smallest absolute Gasteiger partial charge is 0.195 e. The minimum Gasteiger partial charge on any atom is -0.384 e. The lowest BCUT2D eigenvalue weighted by molar-refractivity contribution is -0.122. The lowest BCUT2D eigenvalue weighted by Gasteiger charge is -2.25. The predicted molar refractivity (Wildman–Crippen MR) is 46.7 cm³/mol. The maximum atomic E-state index is 11.4. The summed E-state index contributed by atoms with van der Waals surface area (Å²) in [4.78, 5) is 11.4. The number of rotatable bonds is 3. The van der Waals surface area contributed by atoms with E-state index < -0.39 is 17.8 Å². The maximum Gasteiger partial charge on any atom is 0.195 e. The molecule has 5 atom stereocenters. The Morgan fingerprint density at radius 1 is 1.43 bits per heavy atom. The van der Waals surface area contributed by atoms with Gasteiger partial charge in [-0.25, -0.2) is 0 Å².